The fourth-order valence-electron chi connectivity index (χ4n) is 3.26. The summed E-state index contributed by atoms with van der Waals surface area (Å²) in [6, 6.07) is 7.56. The number of rotatable bonds is 9. The molecule has 0 amide bonds. The standard InChI is InChI=1S/C23H24F2O4S2/c1-2-28-23(27)19-13-15(18-9-8-16(24)14-20(18)25)7-10-21(19)29-22(26)6-4-3-5-17-11-12-30-31-17/h7-10,13-14,17H,2-6,11-12H2,1H3/t17-/m0/s1. The molecule has 0 N–H and O–H groups in total. The third kappa shape index (κ3) is 6.71. The van der Waals surface area contributed by atoms with Crippen molar-refractivity contribution >= 4 is 33.5 Å². The molecule has 0 spiro atoms. The molecule has 0 bridgehead atoms. The Hall–Kier alpha value is -2.06. The zero-order valence-corrected chi connectivity index (χ0v) is 18.8. The third-order valence-corrected chi connectivity index (χ3v) is 7.83. The van der Waals surface area contributed by atoms with Gasteiger partial charge in [-0.1, -0.05) is 34.1 Å². The van der Waals surface area contributed by atoms with Crippen molar-refractivity contribution in [3.63, 3.8) is 0 Å². The number of carbonyl (C=O) groups excluding carboxylic acids is 2. The van der Waals surface area contributed by atoms with Crippen molar-refractivity contribution in [2.75, 3.05) is 12.4 Å². The minimum absolute atomic E-state index is 0.0239. The second kappa shape index (κ2) is 11.5. The molecule has 2 aromatic carbocycles. The summed E-state index contributed by atoms with van der Waals surface area (Å²) in [5, 5.41) is 0.663. The van der Waals surface area contributed by atoms with Gasteiger partial charge in [-0.05, 0) is 56.0 Å². The molecule has 166 valence electrons. The number of benzene rings is 2. The highest BCUT2D eigenvalue weighted by molar-refractivity contribution is 8.77. The summed E-state index contributed by atoms with van der Waals surface area (Å²) in [6.45, 7) is 1.80. The number of ether oxygens (including phenoxy) is 2. The quantitative estimate of drug-likeness (QED) is 0.184. The van der Waals surface area contributed by atoms with Crippen LogP contribution in [-0.4, -0.2) is 29.5 Å². The molecule has 1 aliphatic rings. The van der Waals surface area contributed by atoms with Gasteiger partial charge in [-0.15, -0.1) is 0 Å². The van der Waals surface area contributed by atoms with Crippen LogP contribution in [0.1, 0.15) is 49.4 Å². The van der Waals surface area contributed by atoms with Gasteiger partial charge >= 0.3 is 11.9 Å². The maximum absolute atomic E-state index is 14.2. The Kier molecular flexibility index (Phi) is 8.78. The van der Waals surface area contributed by atoms with Gasteiger partial charge in [0, 0.05) is 29.1 Å². The predicted molar refractivity (Wildman–Crippen MR) is 120 cm³/mol. The van der Waals surface area contributed by atoms with Crippen molar-refractivity contribution in [3.05, 3.63) is 53.6 Å². The highest BCUT2D eigenvalue weighted by Crippen LogP contribution is 2.40. The van der Waals surface area contributed by atoms with E-state index in [1.807, 2.05) is 21.6 Å². The summed E-state index contributed by atoms with van der Waals surface area (Å²) < 4.78 is 37.9. The largest absolute Gasteiger partial charge is 0.462 e. The van der Waals surface area contributed by atoms with E-state index >= 15 is 0 Å². The first kappa shape index (κ1) is 23.6. The fourth-order valence-corrected chi connectivity index (χ4v) is 6.29. The van der Waals surface area contributed by atoms with Crippen molar-refractivity contribution in [1.29, 1.82) is 0 Å². The van der Waals surface area contributed by atoms with E-state index in [0.29, 0.717) is 17.2 Å². The van der Waals surface area contributed by atoms with Crippen molar-refractivity contribution in [3.8, 4) is 16.9 Å². The number of halogens is 2. The minimum atomic E-state index is -0.752. The summed E-state index contributed by atoms with van der Waals surface area (Å²) in [5.41, 5.74) is 0.510. The highest BCUT2D eigenvalue weighted by Gasteiger charge is 2.20. The number of unbranched alkanes of at least 4 members (excludes halogenated alkanes) is 1. The van der Waals surface area contributed by atoms with E-state index in [1.54, 1.807) is 6.92 Å². The van der Waals surface area contributed by atoms with Gasteiger partial charge in [0.1, 0.15) is 22.9 Å². The lowest BCUT2D eigenvalue weighted by molar-refractivity contribution is -0.134. The molecule has 1 aliphatic heterocycles. The molecule has 0 saturated carbocycles. The zero-order chi connectivity index (χ0) is 22.2. The van der Waals surface area contributed by atoms with Crippen LogP contribution >= 0.6 is 21.6 Å². The summed E-state index contributed by atoms with van der Waals surface area (Å²) in [6.07, 6.45) is 4.21. The number of carbonyl (C=O) groups is 2. The number of esters is 2. The molecule has 1 fully saturated rings. The van der Waals surface area contributed by atoms with Crippen molar-refractivity contribution in [1.82, 2.24) is 0 Å². The molecule has 1 atom stereocenters. The van der Waals surface area contributed by atoms with Crippen LogP contribution in [0.15, 0.2) is 36.4 Å². The summed E-state index contributed by atoms with van der Waals surface area (Å²) in [7, 11) is 3.81. The van der Waals surface area contributed by atoms with E-state index in [0.717, 1.165) is 25.0 Å². The molecular weight excluding hydrogens is 442 g/mol. The number of hydrogen-bond donors (Lipinski definition) is 0. The first-order chi connectivity index (χ1) is 15.0. The van der Waals surface area contributed by atoms with Crippen molar-refractivity contribution in [2.24, 2.45) is 0 Å². The Morgan fingerprint density at radius 3 is 2.68 bits per heavy atom. The Morgan fingerprint density at radius 1 is 1.13 bits per heavy atom. The molecule has 3 rings (SSSR count). The average molecular weight is 467 g/mol. The van der Waals surface area contributed by atoms with Crippen molar-refractivity contribution in [2.45, 2.75) is 44.3 Å². The Labute approximate surface area is 188 Å². The van der Waals surface area contributed by atoms with Crippen LogP contribution < -0.4 is 4.74 Å². The number of hydrogen-bond acceptors (Lipinski definition) is 6. The van der Waals surface area contributed by atoms with Gasteiger partial charge in [0.25, 0.3) is 0 Å². The van der Waals surface area contributed by atoms with Crippen LogP contribution in [0.5, 0.6) is 5.75 Å². The topological polar surface area (TPSA) is 52.6 Å². The van der Waals surface area contributed by atoms with E-state index in [4.69, 9.17) is 9.47 Å². The van der Waals surface area contributed by atoms with E-state index < -0.39 is 23.6 Å². The lowest BCUT2D eigenvalue weighted by Crippen LogP contribution is -2.13. The first-order valence-corrected chi connectivity index (χ1v) is 12.6. The second-order valence-corrected chi connectivity index (χ2v) is 9.89. The third-order valence-electron chi connectivity index (χ3n) is 4.83. The van der Waals surface area contributed by atoms with E-state index in [2.05, 4.69) is 0 Å². The van der Waals surface area contributed by atoms with Crippen LogP contribution in [0.3, 0.4) is 0 Å². The van der Waals surface area contributed by atoms with E-state index in [-0.39, 0.29) is 29.9 Å². The smallest absolute Gasteiger partial charge is 0.341 e. The maximum Gasteiger partial charge on any atom is 0.341 e. The van der Waals surface area contributed by atoms with Gasteiger partial charge < -0.3 is 9.47 Å². The molecule has 1 saturated heterocycles. The van der Waals surface area contributed by atoms with E-state index in [9.17, 15) is 18.4 Å². The van der Waals surface area contributed by atoms with Gasteiger partial charge in [0.15, 0.2) is 0 Å². The Bertz CT molecular complexity index is 930. The molecule has 1 heterocycles. The van der Waals surface area contributed by atoms with Crippen LogP contribution in [0.25, 0.3) is 11.1 Å². The van der Waals surface area contributed by atoms with Crippen molar-refractivity contribution < 1.29 is 27.8 Å². The molecule has 0 aromatic heterocycles. The maximum atomic E-state index is 14.2. The average Bonchev–Trinajstić information content (AvgIpc) is 3.25. The molecule has 0 aliphatic carbocycles. The predicted octanol–water partition coefficient (Wildman–Crippen LogP) is 6.43. The summed E-state index contributed by atoms with van der Waals surface area (Å²) >= 11 is 0. The lowest BCUT2D eigenvalue weighted by atomic mass is 10.0. The van der Waals surface area contributed by atoms with Gasteiger partial charge in [-0.3, -0.25) is 4.79 Å². The van der Waals surface area contributed by atoms with Crippen LogP contribution in [0.2, 0.25) is 0 Å². The molecule has 4 nitrogen and oxygen atoms in total. The zero-order valence-electron chi connectivity index (χ0n) is 17.2. The van der Waals surface area contributed by atoms with Gasteiger partial charge in [-0.25, -0.2) is 13.6 Å². The lowest BCUT2D eigenvalue weighted by Gasteiger charge is -2.12. The second-order valence-electron chi connectivity index (χ2n) is 7.10. The fraction of sp³-hybridized carbons (Fsp3) is 0.391. The Morgan fingerprint density at radius 2 is 1.97 bits per heavy atom. The first-order valence-electron chi connectivity index (χ1n) is 10.2. The molecule has 0 radical (unpaired) electrons. The molecule has 8 heteroatoms. The SMILES string of the molecule is CCOC(=O)c1cc(-c2ccc(F)cc2F)ccc1OC(=O)CCCC[C@H]1CCSS1. The summed E-state index contributed by atoms with van der Waals surface area (Å²) in [4.78, 5) is 24.7. The van der Waals surface area contributed by atoms with Crippen LogP contribution in [0, 0.1) is 11.6 Å². The minimum Gasteiger partial charge on any atom is -0.462 e. The van der Waals surface area contributed by atoms with Gasteiger partial charge in [0.2, 0.25) is 0 Å². The molecule has 0 unspecified atom stereocenters. The molecule has 31 heavy (non-hydrogen) atoms. The summed E-state index contributed by atoms with van der Waals surface area (Å²) in [5.74, 6) is -1.30. The monoisotopic (exact) mass is 466 g/mol. The van der Waals surface area contributed by atoms with Gasteiger partial charge in [-0.2, -0.15) is 0 Å². The molecule has 2 aromatic rings. The van der Waals surface area contributed by atoms with Crippen LogP contribution in [-0.2, 0) is 9.53 Å². The highest BCUT2D eigenvalue weighted by atomic mass is 33.1. The van der Waals surface area contributed by atoms with E-state index in [1.165, 1.54) is 36.4 Å². The molecular formula is C23H24F2O4S2. The normalized spacial score (nSPS) is 15.6. The van der Waals surface area contributed by atoms with Gasteiger partial charge in [0.05, 0.1) is 6.61 Å². The van der Waals surface area contributed by atoms with Crippen LogP contribution in [0.4, 0.5) is 8.78 Å². The Balaban J connectivity index is 1.69.